The van der Waals surface area contributed by atoms with E-state index >= 15 is 0 Å². The number of carbonyl (C=O) groups excluding carboxylic acids is 1. The first-order chi connectivity index (χ1) is 9.37. The second kappa shape index (κ2) is 5.51. The van der Waals surface area contributed by atoms with Gasteiger partial charge in [-0.25, -0.2) is 8.42 Å². The molecule has 0 radical (unpaired) electrons. The first kappa shape index (κ1) is 15.0. The molecule has 1 aromatic rings. The Hall–Kier alpha value is -1.44. The topological polar surface area (TPSA) is 106 Å². The summed E-state index contributed by atoms with van der Waals surface area (Å²) in [6.45, 7) is 0.305. The van der Waals surface area contributed by atoms with Gasteiger partial charge in [-0.05, 0) is 43.0 Å². The SMILES string of the molecule is CN(C(CN)C1CC1)S(=O)(=O)c1ccc(C(N)=O)cc1. The van der Waals surface area contributed by atoms with Crippen LogP contribution in [0, 0.1) is 5.92 Å². The molecule has 1 aromatic carbocycles. The second-order valence-electron chi connectivity index (χ2n) is 5.05. The third-order valence-electron chi connectivity index (χ3n) is 3.69. The smallest absolute Gasteiger partial charge is 0.248 e. The molecule has 0 bridgehead atoms. The average molecular weight is 297 g/mol. The van der Waals surface area contributed by atoms with E-state index in [-0.39, 0.29) is 16.5 Å². The summed E-state index contributed by atoms with van der Waals surface area (Å²) in [6.07, 6.45) is 2.03. The van der Waals surface area contributed by atoms with E-state index in [0.29, 0.717) is 12.5 Å². The lowest BCUT2D eigenvalue weighted by molar-refractivity contribution is 0.1000. The third kappa shape index (κ3) is 2.84. The van der Waals surface area contributed by atoms with Crippen molar-refractivity contribution in [3.05, 3.63) is 29.8 Å². The minimum absolute atomic E-state index is 0.143. The van der Waals surface area contributed by atoms with Crippen LogP contribution in [0.25, 0.3) is 0 Å². The van der Waals surface area contributed by atoms with Crippen LogP contribution >= 0.6 is 0 Å². The van der Waals surface area contributed by atoms with E-state index in [2.05, 4.69) is 0 Å². The number of nitrogens with two attached hydrogens (primary N) is 2. The van der Waals surface area contributed by atoms with Crippen LogP contribution in [0.15, 0.2) is 29.2 Å². The van der Waals surface area contributed by atoms with Gasteiger partial charge in [0.15, 0.2) is 0 Å². The lowest BCUT2D eigenvalue weighted by atomic mass is 10.2. The number of likely N-dealkylation sites (N-methyl/N-ethyl adjacent to an activating group) is 1. The monoisotopic (exact) mass is 297 g/mol. The van der Waals surface area contributed by atoms with Gasteiger partial charge < -0.3 is 11.5 Å². The molecule has 0 aliphatic heterocycles. The van der Waals surface area contributed by atoms with Gasteiger partial charge in [0.25, 0.3) is 0 Å². The van der Waals surface area contributed by atoms with E-state index in [0.717, 1.165) is 12.8 Å². The Morgan fingerprint density at radius 1 is 1.35 bits per heavy atom. The molecule has 6 nitrogen and oxygen atoms in total. The maximum atomic E-state index is 12.5. The molecule has 1 atom stereocenters. The molecule has 0 heterocycles. The molecule has 7 heteroatoms. The zero-order valence-corrected chi connectivity index (χ0v) is 12.1. The Morgan fingerprint density at radius 3 is 2.30 bits per heavy atom. The van der Waals surface area contributed by atoms with Crippen LogP contribution in [-0.2, 0) is 10.0 Å². The highest BCUT2D eigenvalue weighted by atomic mass is 32.2. The Labute approximate surface area is 118 Å². The van der Waals surface area contributed by atoms with Gasteiger partial charge in [-0.15, -0.1) is 0 Å². The summed E-state index contributed by atoms with van der Waals surface area (Å²) >= 11 is 0. The van der Waals surface area contributed by atoms with E-state index in [1.54, 1.807) is 7.05 Å². The van der Waals surface area contributed by atoms with Crippen molar-refractivity contribution in [2.75, 3.05) is 13.6 Å². The predicted octanol–water partition coefficient (Wildman–Crippen LogP) is 0.143. The molecule has 1 unspecified atom stereocenters. The number of rotatable bonds is 6. The molecule has 1 saturated carbocycles. The highest BCUT2D eigenvalue weighted by molar-refractivity contribution is 7.89. The van der Waals surface area contributed by atoms with Gasteiger partial charge in [0.2, 0.25) is 15.9 Å². The highest BCUT2D eigenvalue weighted by Crippen LogP contribution is 2.36. The fourth-order valence-corrected chi connectivity index (χ4v) is 3.68. The number of benzene rings is 1. The lowest BCUT2D eigenvalue weighted by Crippen LogP contribution is -2.43. The van der Waals surface area contributed by atoms with Crippen molar-refractivity contribution in [2.24, 2.45) is 17.4 Å². The van der Waals surface area contributed by atoms with Gasteiger partial charge in [0, 0.05) is 25.2 Å². The number of amides is 1. The zero-order valence-electron chi connectivity index (χ0n) is 11.3. The van der Waals surface area contributed by atoms with Crippen molar-refractivity contribution in [2.45, 2.75) is 23.8 Å². The van der Waals surface area contributed by atoms with Crippen molar-refractivity contribution >= 4 is 15.9 Å². The Balaban J connectivity index is 2.26. The zero-order chi connectivity index (χ0) is 14.9. The fourth-order valence-electron chi connectivity index (χ4n) is 2.25. The standard InChI is InChI=1S/C13H19N3O3S/c1-16(12(8-14)9-2-3-9)20(18,19)11-6-4-10(5-7-11)13(15)17/h4-7,9,12H,2-3,8,14H2,1H3,(H2,15,17). The number of hydrogen-bond donors (Lipinski definition) is 2. The van der Waals surface area contributed by atoms with Gasteiger partial charge in [0.05, 0.1) is 4.90 Å². The van der Waals surface area contributed by atoms with Crippen molar-refractivity contribution in [3.63, 3.8) is 0 Å². The minimum atomic E-state index is -3.60. The number of primary amides is 1. The maximum absolute atomic E-state index is 12.5. The van der Waals surface area contributed by atoms with Crippen LogP contribution in [0.1, 0.15) is 23.2 Å². The molecule has 20 heavy (non-hydrogen) atoms. The van der Waals surface area contributed by atoms with Crippen LogP contribution in [0.5, 0.6) is 0 Å². The first-order valence-electron chi connectivity index (χ1n) is 6.46. The Bertz CT molecular complexity index is 594. The van der Waals surface area contributed by atoms with Crippen LogP contribution in [0.4, 0.5) is 0 Å². The largest absolute Gasteiger partial charge is 0.366 e. The summed E-state index contributed by atoms with van der Waals surface area (Å²) in [7, 11) is -2.05. The first-order valence-corrected chi connectivity index (χ1v) is 7.90. The molecule has 1 aliphatic rings. The molecule has 0 spiro atoms. The van der Waals surface area contributed by atoms with Crippen LogP contribution < -0.4 is 11.5 Å². The predicted molar refractivity (Wildman–Crippen MR) is 75.5 cm³/mol. The van der Waals surface area contributed by atoms with Crippen LogP contribution in [0.3, 0.4) is 0 Å². The molecule has 2 rings (SSSR count). The minimum Gasteiger partial charge on any atom is -0.366 e. The summed E-state index contributed by atoms with van der Waals surface area (Å²) in [6, 6.07) is 5.45. The molecule has 1 amide bonds. The maximum Gasteiger partial charge on any atom is 0.248 e. The van der Waals surface area contributed by atoms with Gasteiger partial charge in [0.1, 0.15) is 0 Å². The number of sulfonamides is 1. The lowest BCUT2D eigenvalue weighted by Gasteiger charge is -2.26. The number of hydrogen-bond acceptors (Lipinski definition) is 4. The van der Waals surface area contributed by atoms with E-state index in [1.165, 1.54) is 28.6 Å². The van der Waals surface area contributed by atoms with Gasteiger partial charge in [-0.1, -0.05) is 0 Å². The van der Waals surface area contributed by atoms with Crippen molar-refractivity contribution in [1.82, 2.24) is 4.31 Å². The van der Waals surface area contributed by atoms with E-state index in [4.69, 9.17) is 11.5 Å². The van der Waals surface area contributed by atoms with Crippen molar-refractivity contribution < 1.29 is 13.2 Å². The molecule has 0 saturated heterocycles. The molecule has 110 valence electrons. The average Bonchev–Trinajstić information content (AvgIpc) is 3.24. The fraction of sp³-hybridized carbons (Fsp3) is 0.462. The van der Waals surface area contributed by atoms with Gasteiger partial charge in [-0.2, -0.15) is 4.31 Å². The molecule has 4 N–H and O–H groups in total. The van der Waals surface area contributed by atoms with Gasteiger partial charge in [-0.3, -0.25) is 4.79 Å². The molecular formula is C13H19N3O3S. The van der Waals surface area contributed by atoms with E-state index in [1.807, 2.05) is 0 Å². The van der Waals surface area contributed by atoms with Gasteiger partial charge >= 0.3 is 0 Å². The summed E-state index contributed by atoms with van der Waals surface area (Å²) in [4.78, 5) is 11.1. The molecule has 0 aromatic heterocycles. The number of nitrogens with zero attached hydrogens (tertiary/aromatic N) is 1. The Kier molecular flexibility index (Phi) is 4.12. The quantitative estimate of drug-likeness (QED) is 0.779. The summed E-state index contributed by atoms with van der Waals surface area (Å²) in [5.74, 6) is -0.232. The third-order valence-corrected chi connectivity index (χ3v) is 5.59. The summed E-state index contributed by atoms with van der Waals surface area (Å²) in [5.41, 5.74) is 11.1. The number of carbonyl (C=O) groups is 1. The van der Waals surface area contributed by atoms with Crippen molar-refractivity contribution in [1.29, 1.82) is 0 Å². The summed E-state index contributed by atoms with van der Waals surface area (Å²) in [5, 5.41) is 0. The van der Waals surface area contributed by atoms with Crippen LogP contribution in [-0.4, -0.2) is 38.3 Å². The molecule has 1 aliphatic carbocycles. The summed E-state index contributed by atoms with van der Waals surface area (Å²) < 4.78 is 26.3. The van der Waals surface area contributed by atoms with Crippen LogP contribution in [0.2, 0.25) is 0 Å². The van der Waals surface area contributed by atoms with E-state index < -0.39 is 15.9 Å². The molecular weight excluding hydrogens is 278 g/mol. The molecule has 1 fully saturated rings. The normalized spacial score (nSPS) is 17.1. The van der Waals surface area contributed by atoms with Crippen molar-refractivity contribution in [3.8, 4) is 0 Å². The second-order valence-corrected chi connectivity index (χ2v) is 7.05. The highest BCUT2D eigenvalue weighted by Gasteiger charge is 2.38. The van der Waals surface area contributed by atoms with E-state index in [9.17, 15) is 13.2 Å². The Morgan fingerprint density at radius 2 is 1.90 bits per heavy atom.